The first-order valence-corrected chi connectivity index (χ1v) is 10.8. The molecule has 0 radical (unpaired) electrons. The zero-order valence-corrected chi connectivity index (χ0v) is 16.9. The number of fused-ring (bicyclic) bond motifs is 4. The Morgan fingerprint density at radius 1 is 1.10 bits per heavy atom. The lowest BCUT2D eigenvalue weighted by Gasteiger charge is -2.33. The summed E-state index contributed by atoms with van der Waals surface area (Å²) >= 11 is 0. The Morgan fingerprint density at radius 2 is 1.93 bits per heavy atom. The minimum absolute atomic E-state index is 0.444. The van der Waals surface area contributed by atoms with Crippen molar-refractivity contribution in [3.8, 4) is 6.07 Å². The molecule has 2 heterocycles. The largest absolute Gasteiger partial charge is 0.387 e. The number of hydrogen-bond acceptors (Lipinski definition) is 4. The summed E-state index contributed by atoms with van der Waals surface area (Å²) in [7, 11) is 1.93. The van der Waals surface area contributed by atoms with Crippen LogP contribution in [0.25, 0.3) is 21.8 Å². The molecule has 2 fully saturated rings. The van der Waals surface area contributed by atoms with Crippen molar-refractivity contribution in [3.63, 3.8) is 0 Å². The quantitative estimate of drug-likeness (QED) is 0.465. The van der Waals surface area contributed by atoms with E-state index in [1.54, 1.807) is 0 Å². The van der Waals surface area contributed by atoms with E-state index in [1.165, 1.54) is 35.8 Å². The molecule has 2 aliphatic carbocycles. The second-order valence-corrected chi connectivity index (χ2v) is 8.92. The van der Waals surface area contributed by atoms with Crippen molar-refractivity contribution in [2.24, 2.45) is 17.8 Å². The van der Waals surface area contributed by atoms with Crippen molar-refractivity contribution in [1.82, 2.24) is 20.4 Å². The molecule has 2 saturated carbocycles. The average molecular weight is 396 g/mol. The number of aromatic amines is 2. The Morgan fingerprint density at radius 3 is 2.80 bits per heavy atom. The van der Waals surface area contributed by atoms with Crippen LogP contribution >= 0.6 is 0 Å². The lowest BCUT2D eigenvalue weighted by atomic mass is 9.71. The van der Waals surface area contributed by atoms with Gasteiger partial charge < -0.3 is 5.32 Å². The fourth-order valence-electron chi connectivity index (χ4n) is 6.37. The van der Waals surface area contributed by atoms with Crippen molar-refractivity contribution < 1.29 is 0 Å². The van der Waals surface area contributed by atoms with Crippen LogP contribution in [-0.2, 0) is 6.42 Å². The third-order valence-electron chi connectivity index (χ3n) is 7.55. The number of H-pyrrole nitrogens is 2. The van der Waals surface area contributed by atoms with Crippen LogP contribution in [0.4, 0.5) is 5.69 Å². The number of benzene rings is 2. The highest BCUT2D eigenvalue weighted by molar-refractivity contribution is 5.91. The summed E-state index contributed by atoms with van der Waals surface area (Å²) in [4.78, 5) is 0. The van der Waals surface area contributed by atoms with Crippen LogP contribution in [0.5, 0.6) is 0 Å². The van der Waals surface area contributed by atoms with Crippen LogP contribution in [-0.4, -0.2) is 27.4 Å². The first-order chi connectivity index (χ1) is 14.8. The molecule has 4 atom stereocenters. The molecule has 4 aromatic rings. The molecule has 6 nitrogen and oxygen atoms in total. The summed E-state index contributed by atoms with van der Waals surface area (Å²) in [5.41, 5.74) is 6.40. The maximum Gasteiger partial charge on any atom is 0.101 e. The van der Waals surface area contributed by atoms with Gasteiger partial charge in [-0.25, -0.2) is 0 Å². The number of hydrogen-bond donors (Lipinski definition) is 3. The van der Waals surface area contributed by atoms with Crippen molar-refractivity contribution in [1.29, 1.82) is 5.26 Å². The zero-order valence-electron chi connectivity index (χ0n) is 16.9. The Hall–Kier alpha value is -3.33. The van der Waals surface area contributed by atoms with Gasteiger partial charge >= 0.3 is 0 Å². The maximum absolute atomic E-state index is 9.79. The topological polar surface area (TPSA) is 93.2 Å². The van der Waals surface area contributed by atoms with E-state index in [0.717, 1.165) is 34.4 Å². The maximum atomic E-state index is 9.79. The Kier molecular flexibility index (Phi) is 3.85. The van der Waals surface area contributed by atoms with Crippen LogP contribution in [0.2, 0.25) is 0 Å². The Balaban J connectivity index is 1.48. The average Bonchev–Trinajstić information content (AvgIpc) is 3.55. The van der Waals surface area contributed by atoms with Gasteiger partial charge in [-0.3, -0.25) is 10.2 Å². The Labute approximate surface area is 174 Å². The summed E-state index contributed by atoms with van der Waals surface area (Å²) in [6.07, 6.45) is 8.80. The monoisotopic (exact) mass is 396 g/mol. The van der Waals surface area contributed by atoms with E-state index < -0.39 is 0 Å². The molecule has 0 spiro atoms. The van der Waals surface area contributed by atoms with Gasteiger partial charge in [-0.2, -0.15) is 15.5 Å². The smallest absolute Gasteiger partial charge is 0.101 e. The molecule has 150 valence electrons. The van der Waals surface area contributed by atoms with E-state index in [9.17, 15) is 5.26 Å². The highest BCUT2D eigenvalue weighted by atomic mass is 15.1. The highest BCUT2D eigenvalue weighted by Gasteiger charge is 2.49. The fourth-order valence-corrected chi connectivity index (χ4v) is 6.37. The van der Waals surface area contributed by atoms with Gasteiger partial charge in [0.2, 0.25) is 0 Å². The van der Waals surface area contributed by atoms with Gasteiger partial charge in [0.25, 0.3) is 0 Å². The number of rotatable bonds is 4. The van der Waals surface area contributed by atoms with Crippen LogP contribution < -0.4 is 5.32 Å². The van der Waals surface area contributed by atoms with E-state index in [4.69, 9.17) is 0 Å². The minimum atomic E-state index is 0.444. The molecule has 2 aromatic heterocycles. The molecule has 2 unspecified atom stereocenters. The van der Waals surface area contributed by atoms with Gasteiger partial charge in [0.15, 0.2) is 0 Å². The van der Waals surface area contributed by atoms with Crippen molar-refractivity contribution >= 4 is 27.5 Å². The van der Waals surface area contributed by atoms with Gasteiger partial charge in [0.05, 0.1) is 34.7 Å². The number of nitriles is 1. The molecule has 0 aliphatic heterocycles. The zero-order chi connectivity index (χ0) is 20.2. The van der Waals surface area contributed by atoms with Crippen LogP contribution in [0.1, 0.15) is 41.9 Å². The number of anilines is 1. The van der Waals surface area contributed by atoms with E-state index in [1.807, 2.05) is 25.5 Å². The number of aromatic nitrogens is 4. The van der Waals surface area contributed by atoms with E-state index in [2.05, 4.69) is 50.0 Å². The highest BCUT2D eigenvalue weighted by Crippen LogP contribution is 2.59. The molecule has 0 amide bonds. The Bertz CT molecular complexity index is 1290. The van der Waals surface area contributed by atoms with Crippen LogP contribution in [0.15, 0.2) is 36.7 Å². The normalized spacial score (nSPS) is 25.2. The second kappa shape index (κ2) is 6.60. The lowest BCUT2D eigenvalue weighted by molar-refractivity contribution is 0.288. The first-order valence-electron chi connectivity index (χ1n) is 10.8. The molecule has 0 saturated heterocycles. The summed E-state index contributed by atoms with van der Waals surface area (Å²) in [5.74, 6) is 2.45. The minimum Gasteiger partial charge on any atom is -0.387 e. The van der Waals surface area contributed by atoms with Gasteiger partial charge in [0, 0.05) is 17.8 Å². The fraction of sp³-hybridized carbons (Fsp3) is 0.375. The van der Waals surface area contributed by atoms with Gasteiger partial charge in [-0.05, 0) is 78.7 Å². The predicted octanol–water partition coefficient (Wildman–Crippen LogP) is 4.72. The standard InChI is InChI=1S/C24H24N6/c1-26-24-16(10-25)9-21-19(12-28-30-21)23(24)22-15-4-3-14(8-15)18(22)7-13-2-5-20-17(6-13)11-27-29-20/h2,5-6,9,11-12,14-15,18,22,26H,3-4,7-8H2,1H3,(H,27,29)(H,28,30)/t14?,15?,18-,22+/m1/s1. The third kappa shape index (κ3) is 2.48. The van der Waals surface area contributed by atoms with E-state index in [0.29, 0.717) is 23.3 Å². The molecule has 6 rings (SSSR count). The predicted molar refractivity (Wildman–Crippen MR) is 117 cm³/mol. The molecular weight excluding hydrogens is 372 g/mol. The summed E-state index contributed by atoms with van der Waals surface area (Å²) in [6.45, 7) is 0. The van der Waals surface area contributed by atoms with Crippen molar-refractivity contribution in [2.75, 3.05) is 12.4 Å². The number of nitrogens with zero attached hydrogens (tertiary/aromatic N) is 3. The molecular formula is C24H24N6. The van der Waals surface area contributed by atoms with Crippen LogP contribution in [0, 0.1) is 29.1 Å². The molecule has 2 aromatic carbocycles. The second-order valence-electron chi connectivity index (χ2n) is 8.92. The molecule has 6 heteroatoms. The molecule has 2 aliphatic rings. The lowest BCUT2D eigenvalue weighted by Crippen LogP contribution is -2.24. The van der Waals surface area contributed by atoms with E-state index in [-0.39, 0.29) is 0 Å². The molecule has 30 heavy (non-hydrogen) atoms. The van der Waals surface area contributed by atoms with Crippen LogP contribution in [0.3, 0.4) is 0 Å². The van der Waals surface area contributed by atoms with Gasteiger partial charge in [0.1, 0.15) is 6.07 Å². The SMILES string of the molecule is CNc1c(C#N)cc2[nH]ncc2c1[C@H]1C2CCC(C2)[C@H]1Cc1ccc2[nH]ncc2c1. The molecule has 2 bridgehead atoms. The van der Waals surface area contributed by atoms with E-state index >= 15 is 0 Å². The first kappa shape index (κ1) is 17.5. The summed E-state index contributed by atoms with van der Waals surface area (Å²) in [5, 5.41) is 30.1. The van der Waals surface area contributed by atoms with Gasteiger partial charge in [-0.15, -0.1) is 0 Å². The van der Waals surface area contributed by atoms with Crippen molar-refractivity contribution in [3.05, 3.63) is 53.3 Å². The third-order valence-corrected chi connectivity index (χ3v) is 7.55. The summed E-state index contributed by atoms with van der Waals surface area (Å²) < 4.78 is 0. The van der Waals surface area contributed by atoms with Gasteiger partial charge in [-0.1, -0.05) is 6.07 Å². The van der Waals surface area contributed by atoms with Crippen molar-refractivity contribution in [2.45, 2.75) is 31.6 Å². The number of nitrogens with one attached hydrogen (secondary N) is 3. The summed E-state index contributed by atoms with van der Waals surface area (Å²) in [6, 6.07) is 11.0. The molecule has 3 N–H and O–H groups in total.